The van der Waals surface area contributed by atoms with Crippen molar-refractivity contribution in [2.75, 3.05) is 26.8 Å². The molecular formula is C13H28N2O5. The van der Waals surface area contributed by atoms with Crippen LogP contribution in [0.1, 0.15) is 25.7 Å². The second-order valence-corrected chi connectivity index (χ2v) is 5.13. The zero-order valence-corrected chi connectivity index (χ0v) is 12.1. The van der Waals surface area contributed by atoms with Crippen LogP contribution < -0.4 is 11.1 Å². The first-order valence-electron chi connectivity index (χ1n) is 7.24. The van der Waals surface area contributed by atoms with Gasteiger partial charge in [-0.05, 0) is 25.9 Å². The van der Waals surface area contributed by atoms with Gasteiger partial charge in [-0.2, -0.15) is 0 Å². The summed E-state index contributed by atoms with van der Waals surface area (Å²) in [6.45, 7) is 1.07. The summed E-state index contributed by atoms with van der Waals surface area (Å²) < 4.78 is 10.3. The molecule has 20 heavy (non-hydrogen) atoms. The fraction of sp³-hybridized carbons (Fsp3) is 1.00. The number of hydrogen-bond acceptors (Lipinski definition) is 7. The summed E-state index contributed by atoms with van der Waals surface area (Å²) in [5.41, 5.74) is 5.42. The van der Waals surface area contributed by atoms with Crippen molar-refractivity contribution in [1.82, 2.24) is 5.32 Å². The van der Waals surface area contributed by atoms with Crippen LogP contribution >= 0.6 is 0 Å². The standard InChI is InChI=1S/C13H28N2O5/c1-19-13-12(18)10(11(17)9(8-16)20-13)15-7-5-3-2-4-6-14/h9-13,15-18H,2-8,14H2,1H3/t9-,10-,11-,12+,13+/m1/s1. The minimum atomic E-state index is -0.971. The van der Waals surface area contributed by atoms with Crippen LogP contribution in [0.2, 0.25) is 0 Å². The van der Waals surface area contributed by atoms with Crippen LogP contribution in [0, 0.1) is 0 Å². The molecule has 7 nitrogen and oxygen atoms in total. The first-order chi connectivity index (χ1) is 9.65. The van der Waals surface area contributed by atoms with Crippen LogP contribution in [0.25, 0.3) is 0 Å². The monoisotopic (exact) mass is 292 g/mol. The second kappa shape index (κ2) is 9.62. The van der Waals surface area contributed by atoms with E-state index in [2.05, 4.69) is 5.32 Å². The normalized spacial score (nSPS) is 34.4. The highest BCUT2D eigenvalue weighted by Crippen LogP contribution is 2.21. The summed E-state index contributed by atoms with van der Waals surface area (Å²) in [7, 11) is 1.42. The molecule has 1 saturated heterocycles. The van der Waals surface area contributed by atoms with Gasteiger partial charge in [0.1, 0.15) is 18.3 Å². The van der Waals surface area contributed by atoms with Crippen molar-refractivity contribution in [2.24, 2.45) is 5.73 Å². The summed E-state index contributed by atoms with van der Waals surface area (Å²) in [4.78, 5) is 0. The molecule has 0 aromatic heterocycles. The van der Waals surface area contributed by atoms with E-state index in [0.29, 0.717) is 13.1 Å². The van der Waals surface area contributed by atoms with Gasteiger partial charge < -0.3 is 35.8 Å². The van der Waals surface area contributed by atoms with Crippen molar-refractivity contribution in [3.63, 3.8) is 0 Å². The van der Waals surface area contributed by atoms with Crippen LogP contribution in [0.15, 0.2) is 0 Å². The molecule has 1 aliphatic heterocycles. The summed E-state index contributed by atoms with van der Waals surface area (Å²) in [6, 6.07) is -0.569. The molecule has 0 saturated carbocycles. The molecule has 0 aromatic carbocycles. The third kappa shape index (κ3) is 4.92. The SMILES string of the molecule is CO[C@H]1O[C@H](CO)[C@@H](O)[C@@H](NCCCCCCN)[C@@H]1O. The quantitative estimate of drug-likeness (QED) is 0.330. The molecule has 0 unspecified atom stereocenters. The minimum absolute atomic E-state index is 0.317. The number of aliphatic hydroxyl groups is 3. The van der Waals surface area contributed by atoms with Gasteiger partial charge in [-0.15, -0.1) is 0 Å². The Morgan fingerprint density at radius 3 is 2.45 bits per heavy atom. The molecule has 0 aromatic rings. The van der Waals surface area contributed by atoms with Gasteiger partial charge in [0.15, 0.2) is 6.29 Å². The lowest BCUT2D eigenvalue weighted by molar-refractivity contribution is -0.271. The predicted molar refractivity (Wildman–Crippen MR) is 74.1 cm³/mol. The van der Waals surface area contributed by atoms with E-state index in [1.807, 2.05) is 0 Å². The molecule has 0 radical (unpaired) electrons. The number of nitrogens with two attached hydrogens (primary N) is 1. The first kappa shape index (κ1) is 17.8. The van der Waals surface area contributed by atoms with Crippen molar-refractivity contribution in [1.29, 1.82) is 0 Å². The summed E-state index contributed by atoms with van der Waals surface area (Å²) in [5, 5.41) is 32.5. The van der Waals surface area contributed by atoms with Gasteiger partial charge in [0.25, 0.3) is 0 Å². The van der Waals surface area contributed by atoms with Crippen LogP contribution in [-0.4, -0.2) is 72.8 Å². The number of hydrogen-bond donors (Lipinski definition) is 5. The second-order valence-electron chi connectivity index (χ2n) is 5.13. The van der Waals surface area contributed by atoms with E-state index in [-0.39, 0.29) is 6.61 Å². The molecule has 6 N–H and O–H groups in total. The Morgan fingerprint density at radius 2 is 1.85 bits per heavy atom. The number of aliphatic hydroxyl groups excluding tert-OH is 3. The van der Waals surface area contributed by atoms with Crippen LogP contribution in [-0.2, 0) is 9.47 Å². The average Bonchev–Trinajstić information content (AvgIpc) is 2.46. The first-order valence-corrected chi connectivity index (χ1v) is 7.24. The van der Waals surface area contributed by atoms with E-state index in [4.69, 9.17) is 15.2 Å². The molecule has 0 aliphatic carbocycles. The van der Waals surface area contributed by atoms with Gasteiger partial charge >= 0.3 is 0 Å². The smallest absolute Gasteiger partial charge is 0.185 e. The zero-order valence-electron chi connectivity index (χ0n) is 12.1. The Hall–Kier alpha value is -0.280. The van der Waals surface area contributed by atoms with E-state index in [0.717, 1.165) is 25.7 Å². The summed E-state index contributed by atoms with van der Waals surface area (Å²) in [6.07, 6.45) is 0.558. The van der Waals surface area contributed by atoms with Crippen molar-refractivity contribution >= 4 is 0 Å². The van der Waals surface area contributed by atoms with Crippen molar-refractivity contribution in [3.8, 4) is 0 Å². The predicted octanol–water partition coefficient (Wildman–Crippen LogP) is -1.45. The van der Waals surface area contributed by atoms with Crippen molar-refractivity contribution in [2.45, 2.75) is 56.3 Å². The van der Waals surface area contributed by atoms with Gasteiger partial charge in [0, 0.05) is 7.11 Å². The maximum atomic E-state index is 10.1. The Balaban J connectivity index is 2.39. The van der Waals surface area contributed by atoms with Crippen LogP contribution in [0.5, 0.6) is 0 Å². The Morgan fingerprint density at radius 1 is 1.15 bits per heavy atom. The molecule has 5 atom stereocenters. The molecule has 1 aliphatic rings. The molecular weight excluding hydrogens is 264 g/mol. The van der Waals surface area contributed by atoms with Crippen LogP contribution in [0.4, 0.5) is 0 Å². The van der Waals surface area contributed by atoms with E-state index in [1.165, 1.54) is 7.11 Å². The molecule has 1 heterocycles. The highest BCUT2D eigenvalue weighted by molar-refractivity contribution is 4.93. The molecule has 0 spiro atoms. The minimum Gasteiger partial charge on any atom is -0.394 e. The summed E-state index contributed by atoms with van der Waals surface area (Å²) in [5.74, 6) is 0. The molecule has 1 fully saturated rings. The van der Waals surface area contributed by atoms with E-state index >= 15 is 0 Å². The Kier molecular flexibility index (Phi) is 8.55. The number of ether oxygens (including phenoxy) is 2. The molecule has 120 valence electrons. The van der Waals surface area contributed by atoms with Gasteiger partial charge in [0.2, 0.25) is 0 Å². The number of unbranched alkanes of at least 4 members (excludes halogenated alkanes) is 3. The summed E-state index contributed by atoms with van der Waals surface area (Å²) >= 11 is 0. The Bertz CT molecular complexity index is 241. The topological polar surface area (TPSA) is 117 Å². The van der Waals surface area contributed by atoms with E-state index in [9.17, 15) is 15.3 Å². The molecule has 0 amide bonds. The van der Waals surface area contributed by atoms with Gasteiger partial charge in [-0.25, -0.2) is 0 Å². The third-order valence-corrected chi connectivity index (χ3v) is 3.63. The Labute approximate surface area is 120 Å². The number of rotatable bonds is 9. The van der Waals surface area contributed by atoms with Crippen LogP contribution in [0.3, 0.4) is 0 Å². The largest absolute Gasteiger partial charge is 0.394 e. The third-order valence-electron chi connectivity index (χ3n) is 3.63. The average molecular weight is 292 g/mol. The van der Waals surface area contributed by atoms with Crippen molar-refractivity contribution in [3.05, 3.63) is 0 Å². The number of nitrogens with one attached hydrogen (secondary N) is 1. The maximum absolute atomic E-state index is 10.1. The molecule has 0 bridgehead atoms. The lowest BCUT2D eigenvalue weighted by Crippen LogP contribution is -2.64. The van der Waals surface area contributed by atoms with E-state index < -0.39 is 30.6 Å². The molecule has 7 heteroatoms. The highest BCUT2D eigenvalue weighted by atomic mass is 16.7. The van der Waals surface area contributed by atoms with E-state index in [1.54, 1.807) is 0 Å². The van der Waals surface area contributed by atoms with Crippen molar-refractivity contribution < 1.29 is 24.8 Å². The van der Waals surface area contributed by atoms with Gasteiger partial charge in [0.05, 0.1) is 12.6 Å². The lowest BCUT2D eigenvalue weighted by atomic mass is 9.96. The fourth-order valence-electron chi connectivity index (χ4n) is 2.41. The lowest BCUT2D eigenvalue weighted by Gasteiger charge is -2.42. The molecule has 1 rings (SSSR count). The maximum Gasteiger partial charge on any atom is 0.185 e. The van der Waals surface area contributed by atoms with Gasteiger partial charge in [-0.3, -0.25) is 0 Å². The zero-order chi connectivity index (χ0) is 15.0. The highest BCUT2D eigenvalue weighted by Gasteiger charge is 2.44. The fourth-order valence-corrected chi connectivity index (χ4v) is 2.41. The van der Waals surface area contributed by atoms with Gasteiger partial charge in [-0.1, -0.05) is 12.8 Å². The number of methoxy groups -OCH3 is 1.